The van der Waals surface area contributed by atoms with Crippen LogP contribution in [0.4, 0.5) is 10.2 Å². The standard InChI is InChI=1S/C19H18ClFN4OS/c20-12-3-4-15(21)14(10-12)19(26)22-13-5-7-25(8-6-13)18-11-16(23-24-18)17-2-1-9-27-17/h1-4,9-11,13H,5-8H2,(H,22,26)(H,23,24). The minimum absolute atomic E-state index is 0.00263. The number of hydrogen-bond acceptors (Lipinski definition) is 4. The molecule has 1 fully saturated rings. The Balaban J connectivity index is 1.35. The number of H-pyrrole nitrogens is 1. The highest BCUT2D eigenvalue weighted by atomic mass is 35.5. The summed E-state index contributed by atoms with van der Waals surface area (Å²) in [6.07, 6.45) is 1.55. The molecule has 0 unspecified atom stereocenters. The molecule has 0 atom stereocenters. The van der Waals surface area contributed by atoms with Crippen LogP contribution in [0.25, 0.3) is 10.6 Å². The van der Waals surface area contributed by atoms with Gasteiger partial charge in [0.1, 0.15) is 5.82 Å². The lowest BCUT2D eigenvalue weighted by atomic mass is 10.0. The number of nitrogens with one attached hydrogen (secondary N) is 2. The summed E-state index contributed by atoms with van der Waals surface area (Å²) in [5.74, 6) is -0.0794. The largest absolute Gasteiger partial charge is 0.355 e. The number of anilines is 1. The molecule has 140 valence electrons. The van der Waals surface area contributed by atoms with Gasteiger partial charge in [-0.3, -0.25) is 9.89 Å². The maximum Gasteiger partial charge on any atom is 0.254 e. The van der Waals surface area contributed by atoms with E-state index in [0.717, 1.165) is 42.3 Å². The van der Waals surface area contributed by atoms with Crippen molar-refractivity contribution in [3.05, 3.63) is 58.2 Å². The second-order valence-electron chi connectivity index (χ2n) is 6.48. The molecule has 0 saturated carbocycles. The summed E-state index contributed by atoms with van der Waals surface area (Å²) in [7, 11) is 0. The summed E-state index contributed by atoms with van der Waals surface area (Å²) < 4.78 is 13.8. The highest BCUT2D eigenvalue weighted by molar-refractivity contribution is 7.13. The van der Waals surface area contributed by atoms with Crippen molar-refractivity contribution in [1.82, 2.24) is 15.5 Å². The third kappa shape index (κ3) is 3.99. The monoisotopic (exact) mass is 404 g/mol. The Morgan fingerprint density at radius 2 is 2.11 bits per heavy atom. The van der Waals surface area contributed by atoms with E-state index in [1.165, 1.54) is 18.2 Å². The van der Waals surface area contributed by atoms with Crippen LogP contribution in [-0.2, 0) is 0 Å². The van der Waals surface area contributed by atoms with Gasteiger partial charge in [0.15, 0.2) is 5.82 Å². The van der Waals surface area contributed by atoms with E-state index in [4.69, 9.17) is 11.6 Å². The summed E-state index contributed by atoms with van der Waals surface area (Å²) in [4.78, 5) is 15.7. The zero-order chi connectivity index (χ0) is 18.8. The van der Waals surface area contributed by atoms with Gasteiger partial charge < -0.3 is 10.2 Å². The van der Waals surface area contributed by atoms with Crippen LogP contribution in [0.15, 0.2) is 41.8 Å². The normalized spacial score (nSPS) is 15.1. The van der Waals surface area contributed by atoms with Gasteiger partial charge in [-0.15, -0.1) is 11.3 Å². The van der Waals surface area contributed by atoms with Crippen LogP contribution in [0.1, 0.15) is 23.2 Å². The summed E-state index contributed by atoms with van der Waals surface area (Å²) in [5, 5.41) is 12.8. The Labute approximate surface area is 165 Å². The van der Waals surface area contributed by atoms with Crippen LogP contribution in [0.5, 0.6) is 0 Å². The maximum atomic E-state index is 13.8. The van der Waals surface area contributed by atoms with Crippen LogP contribution in [0.3, 0.4) is 0 Å². The molecule has 1 aliphatic rings. The molecule has 1 aromatic carbocycles. The molecule has 8 heteroatoms. The Hall–Kier alpha value is -2.38. The lowest BCUT2D eigenvalue weighted by molar-refractivity contribution is 0.0927. The van der Waals surface area contributed by atoms with E-state index >= 15 is 0 Å². The average molecular weight is 405 g/mol. The molecule has 2 aromatic heterocycles. The predicted octanol–water partition coefficient (Wildman–Crippen LogP) is 4.33. The molecule has 0 radical (unpaired) electrons. The summed E-state index contributed by atoms with van der Waals surface area (Å²) in [5.41, 5.74) is 0.990. The number of thiophene rings is 1. The third-order valence-electron chi connectivity index (χ3n) is 4.68. The Bertz CT molecular complexity index is 935. The van der Waals surface area contributed by atoms with E-state index < -0.39 is 11.7 Å². The molecule has 4 rings (SSSR count). The van der Waals surface area contributed by atoms with Crippen LogP contribution >= 0.6 is 22.9 Å². The van der Waals surface area contributed by atoms with Crippen LogP contribution in [0.2, 0.25) is 5.02 Å². The molecule has 1 amide bonds. The van der Waals surface area contributed by atoms with Gasteiger partial charge in [0, 0.05) is 30.2 Å². The molecule has 1 aliphatic heterocycles. The lowest BCUT2D eigenvalue weighted by Gasteiger charge is -2.32. The number of hydrogen-bond donors (Lipinski definition) is 2. The van der Waals surface area contributed by atoms with Gasteiger partial charge in [0.2, 0.25) is 0 Å². The van der Waals surface area contributed by atoms with Gasteiger partial charge in [-0.25, -0.2) is 4.39 Å². The molecule has 3 heterocycles. The van der Waals surface area contributed by atoms with E-state index in [-0.39, 0.29) is 11.6 Å². The Morgan fingerprint density at radius 1 is 1.30 bits per heavy atom. The first-order chi connectivity index (χ1) is 13.1. The second-order valence-corrected chi connectivity index (χ2v) is 7.86. The fourth-order valence-electron chi connectivity index (χ4n) is 3.22. The molecule has 1 saturated heterocycles. The van der Waals surface area contributed by atoms with Crippen molar-refractivity contribution in [3.63, 3.8) is 0 Å². The predicted molar refractivity (Wildman–Crippen MR) is 106 cm³/mol. The fourth-order valence-corrected chi connectivity index (χ4v) is 4.08. The van der Waals surface area contributed by atoms with Crippen LogP contribution in [-0.4, -0.2) is 35.2 Å². The van der Waals surface area contributed by atoms with E-state index in [0.29, 0.717) is 5.02 Å². The number of aromatic nitrogens is 2. The number of nitrogens with zero attached hydrogens (tertiary/aromatic N) is 2. The van der Waals surface area contributed by atoms with Gasteiger partial charge in [-0.2, -0.15) is 5.10 Å². The van der Waals surface area contributed by atoms with Gasteiger partial charge >= 0.3 is 0 Å². The summed E-state index contributed by atoms with van der Waals surface area (Å²) in [6.45, 7) is 1.55. The van der Waals surface area contributed by atoms with E-state index in [9.17, 15) is 9.18 Å². The van der Waals surface area contributed by atoms with Crippen LogP contribution in [0, 0.1) is 5.82 Å². The quantitative estimate of drug-likeness (QED) is 0.680. The number of carbonyl (C=O) groups excluding carboxylic acids is 1. The molecular weight excluding hydrogens is 387 g/mol. The minimum Gasteiger partial charge on any atom is -0.355 e. The number of amides is 1. The number of rotatable bonds is 4. The van der Waals surface area contributed by atoms with Gasteiger partial charge in [-0.1, -0.05) is 17.7 Å². The van der Waals surface area contributed by atoms with Crippen molar-refractivity contribution in [2.75, 3.05) is 18.0 Å². The highest BCUT2D eigenvalue weighted by Crippen LogP contribution is 2.27. The van der Waals surface area contributed by atoms with Gasteiger partial charge in [0.05, 0.1) is 16.1 Å². The molecule has 2 N–H and O–H groups in total. The number of aromatic amines is 1. The molecular formula is C19H18ClFN4OS. The number of benzene rings is 1. The first kappa shape index (κ1) is 18.0. The smallest absolute Gasteiger partial charge is 0.254 e. The van der Waals surface area contributed by atoms with Crippen molar-refractivity contribution >= 4 is 34.7 Å². The second kappa shape index (κ2) is 7.70. The topological polar surface area (TPSA) is 61.0 Å². The molecule has 0 bridgehead atoms. The Morgan fingerprint density at radius 3 is 2.85 bits per heavy atom. The molecule has 5 nitrogen and oxygen atoms in total. The average Bonchev–Trinajstić information content (AvgIpc) is 3.35. The zero-order valence-electron chi connectivity index (χ0n) is 14.4. The molecule has 0 aliphatic carbocycles. The van der Waals surface area contributed by atoms with Crippen LogP contribution < -0.4 is 10.2 Å². The fraction of sp³-hybridized carbons (Fsp3) is 0.263. The minimum atomic E-state index is -0.563. The van der Waals surface area contributed by atoms with Crippen molar-refractivity contribution in [3.8, 4) is 10.6 Å². The summed E-state index contributed by atoms with van der Waals surface area (Å²) >= 11 is 7.53. The lowest BCUT2D eigenvalue weighted by Crippen LogP contribution is -2.45. The first-order valence-corrected chi connectivity index (χ1v) is 9.96. The SMILES string of the molecule is O=C(NC1CCN(c2cc(-c3cccs3)[nH]n2)CC1)c1cc(Cl)ccc1F. The van der Waals surface area contributed by atoms with E-state index in [2.05, 4.69) is 26.5 Å². The third-order valence-corrected chi connectivity index (χ3v) is 5.82. The van der Waals surface area contributed by atoms with Crippen molar-refractivity contribution in [2.45, 2.75) is 18.9 Å². The van der Waals surface area contributed by atoms with Gasteiger partial charge in [0.25, 0.3) is 5.91 Å². The zero-order valence-corrected chi connectivity index (χ0v) is 16.0. The molecule has 0 spiro atoms. The van der Waals surface area contributed by atoms with Gasteiger partial charge in [-0.05, 0) is 42.5 Å². The van der Waals surface area contributed by atoms with Crippen molar-refractivity contribution in [2.24, 2.45) is 0 Å². The summed E-state index contributed by atoms with van der Waals surface area (Å²) in [6, 6.07) is 10.1. The molecule has 3 aromatic rings. The Kier molecular flexibility index (Phi) is 5.13. The number of halogens is 2. The first-order valence-electron chi connectivity index (χ1n) is 8.70. The van der Waals surface area contributed by atoms with E-state index in [1.54, 1.807) is 11.3 Å². The van der Waals surface area contributed by atoms with Crippen molar-refractivity contribution < 1.29 is 9.18 Å². The van der Waals surface area contributed by atoms with Crippen molar-refractivity contribution in [1.29, 1.82) is 0 Å². The van der Waals surface area contributed by atoms with E-state index in [1.807, 2.05) is 17.5 Å². The molecule has 27 heavy (non-hydrogen) atoms. The highest BCUT2D eigenvalue weighted by Gasteiger charge is 2.24. The number of piperidine rings is 1. The number of carbonyl (C=O) groups is 1. The maximum absolute atomic E-state index is 13.8.